The Bertz CT molecular complexity index is 480. The molecular weight excluding hydrogens is 262 g/mol. The highest BCUT2D eigenvalue weighted by molar-refractivity contribution is 5.77. The zero-order valence-corrected chi connectivity index (χ0v) is 13.8. The highest BCUT2D eigenvalue weighted by atomic mass is 16.4. The molecule has 1 aromatic carbocycles. The van der Waals surface area contributed by atoms with Crippen LogP contribution in [0, 0.1) is 19.8 Å². The number of carboxylic acid groups (broad SMARTS) is 1. The molecule has 0 aliphatic carbocycles. The van der Waals surface area contributed by atoms with Gasteiger partial charge < -0.3 is 10.8 Å². The third kappa shape index (κ3) is 5.50. The number of nitrogens with two attached hydrogens (primary N) is 1. The lowest BCUT2D eigenvalue weighted by molar-refractivity contribution is -0.143. The van der Waals surface area contributed by atoms with Gasteiger partial charge in [0.2, 0.25) is 0 Å². The summed E-state index contributed by atoms with van der Waals surface area (Å²) in [5.74, 6) is -0.530. The Morgan fingerprint density at radius 3 is 2.52 bits per heavy atom. The van der Waals surface area contributed by atoms with E-state index in [-0.39, 0.29) is 0 Å². The summed E-state index contributed by atoms with van der Waals surface area (Å²) in [5, 5.41) is 9.12. The molecule has 0 radical (unpaired) electrons. The minimum absolute atomic E-state index is 0.377. The summed E-state index contributed by atoms with van der Waals surface area (Å²) in [4.78, 5) is 11.1. The molecule has 3 heteroatoms. The van der Waals surface area contributed by atoms with Crippen LogP contribution in [0.1, 0.15) is 56.2 Å². The fraction of sp³-hybridized carbons (Fsp3) is 0.611. The van der Waals surface area contributed by atoms with Crippen LogP contribution in [0.3, 0.4) is 0 Å². The average Bonchev–Trinajstić information content (AvgIpc) is 2.41. The van der Waals surface area contributed by atoms with Gasteiger partial charge in [-0.3, -0.25) is 4.79 Å². The summed E-state index contributed by atoms with van der Waals surface area (Å²) in [6.45, 7) is 7.99. The Balaban J connectivity index is 2.48. The molecule has 1 rings (SSSR count). The Hall–Kier alpha value is -1.35. The molecule has 0 spiro atoms. The Morgan fingerprint density at radius 1 is 1.33 bits per heavy atom. The zero-order valence-electron chi connectivity index (χ0n) is 13.8. The van der Waals surface area contributed by atoms with E-state index >= 15 is 0 Å². The molecule has 3 N–H and O–H groups in total. The quantitative estimate of drug-likeness (QED) is 0.764. The summed E-state index contributed by atoms with van der Waals surface area (Å²) in [6, 6.07) is 6.61. The summed E-state index contributed by atoms with van der Waals surface area (Å²) in [7, 11) is 0. The van der Waals surface area contributed by atoms with E-state index in [0.717, 1.165) is 25.7 Å². The van der Waals surface area contributed by atoms with E-state index in [1.54, 1.807) is 6.92 Å². The van der Waals surface area contributed by atoms with Crippen molar-refractivity contribution in [3.8, 4) is 0 Å². The molecule has 0 fully saturated rings. The summed E-state index contributed by atoms with van der Waals surface area (Å²) < 4.78 is 0. The van der Waals surface area contributed by atoms with Crippen molar-refractivity contribution < 1.29 is 9.90 Å². The van der Waals surface area contributed by atoms with Gasteiger partial charge >= 0.3 is 5.97 Å². The SMILES string of the molecule is CCC(CCCc1ccc(C)c(C)c1)CC(C)(N)C(=O)O. The predicted molar refractivity (Wildman–Crippen MR) is 87.5 cm³/mol. The van der Waals surface area contributed by atoms with Crippen molar-refractivity contribution >= 4 is 5.97 Å². The van der Waals surface area contributed by atoms with Gasteiger partial charge in [0, 0.05) is 0 Å². The first-order valence-electron chi connectivity index (χ1n) is 7.84. The minimum atomic E-state index is -1.11. The number of aryl methyl sites for hydroxylation is 3. The molecule has 1 aromatic rings. The first-order valence-corrected chi connectivity index (χ1v) is 7.84. The maximum atomic E-state index is 11.1. The first kappa shape index (κ1) is 17.7. The Labute approximate surface area is 128 Å². The van der Waals surface area contributed by atoms with Crippen molar-refractivity contribution in [1.82, 2.24) is 0 Å². The van der Waals surface area contributed by atoms with Crippen LogP contribution in [-0.4, -0.2) is 16.6 Å². The second kappa shape index (κ2) is 7.60. The lowest BCUT2D eigenvalue weighted by Crippen LogP contribution is -2.46. The van der Waals surface area contributed by atoms with E-state index in [4.69, 9.17) is 10.8 Å². The van der Waals surface area contributed by atoms with Crippen LogP contribution in [0.5, 0.6) is 0 Å². The second-order valence-electron chi connectivity index (χ2n) is 6.51. The van der Waals surface area contributed by atoms with Crippen molar-refractivity contribution in [2.24, 2.45) is 11.7 Å². The van der Waals surface area contributed by atoms with Crippen molar-refractivity contribution in [1.29, 1.82) is 0 Å². The molecule has 0 aliphatic rings. The summed E-state index contributed by atoms with van der Waals surface area (Å²) in [5.41, 5.74) is 8.77. The summed E-state index contributed by atoms with van der Waals surface area (Å²) in [6.07, 6.45) is 4.69. The third-order valence-electron chi connectivity index (χ3n) is 4.43. The molecule has 0 heterocycles. The largest absolute Gasteiger partial charge is 0.480 e. The maximum absolute atomic E-state index is 11.1. The van der Waals surface area contributed by atoms with E-state index < -0.39 is 11.5 Å². The standard InChI is InChI=1S/C18H29NO2/c1-5-15(12-18(4,19)17(20)21)7-6-8-16-10-9-13(2)14(3)11-16/h9-11,15H,5-8,12,19H2,1-4H3,(H,20,21). The lowest BCUT2D eigenvalue weighted by atomic mass is 9.85. The molecule has 2 atom stereocenters. The number of hydrogen-bond donors (Lipinski definition) is 2. The van der Waals surface area contributed by atoms with Gasteiger partial charge in [-0.2, -0.15) is 0 Å². The second-order valence-corrected chi connectivity index (χ2v) is 6.51. The number of benzene rings is 1. The number of carbonyl (C=O) groups is 1. The van der Waals surface area contributed by atoms with Crippen LogP contribution < -0.4 is 5.73 Å². The smallest absolute Gasteiger partial charge is 0.323 e. The third-order valence-corrected chi connectivity index (χ3v) is 4.43. The number of aliphatic carboxylic acids is 1. The summed E-state index contributed by atoms with van der Waals surface area (Å²) >= 11 is 0. The fourth-order valence-corrected chi connectivity index (χ4v) is 2.69. The zero-order chi connectivity index (χ0) is 16.0. The van der Waals surface area contributed by atoms with Gasteiger partial charge in [0.05, 0.1) is 0 Å². The number of carboxylic acids is 1. The van der Waals surface area contributed by atoms with Crippen LogP contribution >= 0.6 is 0 Å². The van der Waals surface area contributed by atoms with Gasteiger partial charge in [0.25, 0.3) is 0 Å². The van der Waals surface area contributed by atoms with Crippen LogP contribution in [0.15, 0.2) is 18.2 Å². The van der Waals surface area contributed by atoms with Gasteiger partial charge in [0.1, 0.15) is 5.54 Å². The van der Waals surface area contributed by atoms with Gasteiger partial charge in [-0.05, 0) is 62.6 Å². The highest BCUT2D eigenvalue weighted by Gasteiger charge is 2.30. The molecule has 3 nitrogen and oxygen atoms in total. The van der Waals surface area contributed by atoms with Gasteiger partial charge in [-0.15, -0.1) is 0 Å². The van der Waals surface area contributed by atoms with E-state index in [1.807, 2.05) is 0 Å². The maximum Gasteiger partial charge on any atom is 0.323 e. The molecule has 0 saturated heterocycles. The van der Waals surface area contributed by atoms with E-state index in [2.05, 4.69) is 39.0 Å². The topological polar surface area (TPSA) is 63.3 Å². The monoisotopic (exact) mass is 291 g/mol. The lowest BCUT2D eigenvalue weighted by Gasteiger charge is -2.25. The predicted octanol–water partition coefficient (Wildman–Crippen LogP) is 3.84. The Morgan fingerprint density at radius 2 is 2.00 bits per heavy atom. The first-order chi connectivity index (χ1) is 9.76. The van der Waals surface area contributed by atoms with Crippen LogP contribution in [-0.2, 0) is 11.2 Å². The molecule has 0 aliphatic heterocycles. The Kier molecular flexibility index (Phi) is 6.41. The molecule has 118 valence electrons. The van der Waals surface area contributed by atoms with Gasteiger partial charge in [-0.1, -0.05) is 38.0 Å². The normalized spacial score (nSPS) is 15.5. The number of rotatable bonds is 8. The van der Waals surface area contributed by atoms with E-state index in [1.165, 1.54) is 16.7 Å². The van der Waals surface area contributed by atoms with Crippen LogP contribution in [0.25, 0.3) is 0 Å². The molecule has 0 saturated carbocycles. The molecule has 0 aromatic heterocycles. The molecule has 21 heavy (non-hydrogen) atoms. The number of hydrogen-bond acceptors (Lipinski definition) is 2. The highest BCUT2D eigenvalue weighted by Crippen LogP contribution is 2.23. The average molecular weight is 291 g/mol. The van der Waals surface area contributed by atoms with Gasteiger partial charge in [-0.25, -0.2) is 0 Å². The molecular formula is C18H29NO2. The van der Waals surface area contributed by atoms with Crippen molar-refractivity contribution in [2.45, 2.75) is 65.3 Å². The van der Waals surface area contributed by atoms with E-state index in [0.29, 0.717) is 12.3 Å². The van der Waals surface area contributed by atoms with Crippen molar-refractivity contribution in [3.05, 3.63) is 34.9 Å². The van der Waals surface area contributed by atoms with Crippen LogP contribution in [0.2, 0.25) is 0 Å². The van der Waals surface area contributed by atoms with E-state index in [9.17, 15) is 4.79 Å². The minimum Gasteiger partial charge on any atom is -0.480 e. The van der Waals surface area contributed by atoms with Gasteiger partial charge in [0.15, 0.2) is 0 Å². The van der Waals surface area contributed by atoms with Crippen molar-refractivity contribution in [2.75, 3.05) is 0 Å². The fourth-order valence-electron chi connectivity index (χ4n) is 2.69. The van der Waals surface area contributed by atoms with Crippen LogP contribution in [0.4, 0.5) is 0 Å². The van der Waals surface area contributed by atoms with Crippen molar-refractivity contribution in [3.63, 3.8) is 0 Å². The molecule has 2 unspecified atom stereocenters. The molecule has 0 bridgehead atoms. The molecule has 0 amide bonds.